The molecule has 1 saturated carbocycles. The lowest BCUT2D eigenvalue weighted by atomic mass is 10.2. The van der Waals surface area contributed by atoms with E-state index in [-0.39, 0.29) is 22.7 Å². The molecule has 33 heavy (non-hydrogen) atoms. The van der Waals surface area contributed by atoms with Crippen molar-refractivity contribution in [1.29, 1.82) is 0 Å². The maximum absolute atomic E-state index is 13.2. The lowest BCUT2D eigenvalue weighted by Gasteiger charge is -2.26. The van der Waals surface area contributed by atoms with E-state index in [1.54, 1.807) is 30.3 Å². The lowest BCUT2D eigenvalue weighted by molar-refractivity contribution is 0.102. The third-order valence-corrected chi connectivity index (χ3v) is 7.59. The van der Waals surface area contributed by atoms with Crippen LogP contribution in [-0.2, 0) is 10.0 Å². The first-order chi connectivity index (χ1) is 15.9. The Labute approximate surface area is 193 Å². The van der Waals surface area contributed by atoms with Crippen molar-refractivity contribution in [2.45, 2.75) is 43.0 Å². The minimum absolute atomic E-state index is 0.0333. The first kappa shape index (κ1) is 23.1. The Balaban J connectivity index is 1.46. The number of carbonyl (C=O) groups excluding carboxylic acids is 2. The zero-order chi connectivity index (χ0) is 23.4. The summed E-state index contributed by atoms with van der Waals surface area (Å²) in [6.07, 6.45) is 4.66. The number of ether oxygens (including phenoxy) is 1. The zero-order valence-corrected chi connectivity index (χ0v) is 19.3. The third kappa shape index (κ3) is 5.63. The average molecular weight is 473 g/mol. The van der Waals surface area contributed by atoms with Crippen LogP contribution >= 0.6 is 0 Å². The molecular formula is C23H28N4O5S. The molecule has 0 aromatic heterocycles. The molecule has 1 aliphatic heterocycles. The first-order valence-electron chi connectivity index (χ1n) is 11.0. The zero-order valence-electron chi connectivity index (χ0n) is 18.5. The fraction of sp³-hybridized carbons (Fsp3) is 0.391. The van der Waals surface area contributed by atoms with E-state index in [0.717, 1.165) is 32.1 Å². The molecule has 1 aliphatic carbocycles. The summed E-state index contributed by atoms with van der Waals surface area (Å²) >= 11 is 0. The Hall–Kier alpha value is -3.11. The minimum Gasteiger partial charge on any atom is -0.495 e. The van der Waals surface area contributed by atoms with E-state index in [1.807, 2.05) is 0 Å². The molecule has 0 radical (unpaired) electrons. The second-order valence-corrected chi connectivity index (χ2v) is 10.1. The van der Waals surface area contributed by atoms with Crippen LogP contribution in [0.5, 0.6) is 5.75 Å². The number of hydrogen-bond acceptors (Lipinski definition) is 5. The smallest absolute Gasteiger partial charge is 0.319 e. The number of anilines is 2. The van der Waals surface area contributed by atoms with Crippen molar-refractivity contribution in [3.05, 3.63) is 48.0 Å². The van der Waals surface area contributed by atoms with Gasteiger partial charge in [-0.1, -0.05) is 6.42 Å². The monoisotopic (exact) mass is 472 g/mol. The van der Waals surface area contributed by atoms with Gasteiger partial charge in [-0.3, -0.25) is 4.79 Å². The molecule has 2 fully saturated rings. The molecule has 2 aliphatic rings. The SMILES string of the molecule is COc1ccc(NC(=O)c2ccc(NC(=O)NC3CC3)cc2)cc1S(=O)(=O)N1CCCCC1. The number of nitrogens with zero attached hydrogens (tertiary/aromatic N) is 1. The van der Waals surface area contributed by atoms with Crippen LogP contribution in [0.15, 0.2) is 47.4 Å². The number of hydrogen-bond donors (Lipinski definition) is 3. The number of urea groups is 1. The van der Waals surface area contributed by atoms with Gasteiger partial charge in [-0.2, -0.15) is 4.31 Å². The van der Waals surface area contributed by atoms with E-state index >= 15 is 0 Å². The largest absolute Gasteiger partial charge is 0.495 e. The normalized spacial score (nSPS) is 16.6. The topological polar surface area (TPSA) is 117 Å². The molecule has 3 amide bonds. The van der Waals surface area contributed by atoms with Gasteiger partial charge in [0.1, 0.15) is 10.6 Å². The number of nitrogens with one attached hydrogen (secondary N) is 3. The number of amides is 3. The van der Waals surface area contributed by atoms with Gasteiger partial charge in [-0.25, -0.2) is 13.2 Å². The molecule has 1 heterocycles. The molecule has 9 nitrogen and oxygen atoms in total. The second-order valence-electron chi connectivity index (χ2n) is 8.23. The minimum atomic E-state index is -3.74. The maximum atomic E-state index is 13.2. The highest BCUT2D eigenvalue weighted by Crippen LogP contribution is 2.31. The van der Waals surface area contributed by atoms with Gasteiger partial charge < -0.3 is 20.7 Å². The van der Waals surface area contributed by atoms with Gasteiger partial charge in [-0.05, 0) is 68.1 Å². The lowest BCUT2D eigenvalue weighted by Crippen LogP contribution is -2.35. The van der Waals surface area contributed by atoms with E-state index in [4.69, 9.17) is 4.74 Å². The Kier molecular flexibility index (Phi) is 6.85. The van der Waals surface area contributed by atoms with Crippen LogP contribution in [0.25, 0.3) is 0 Å². The van der Waals surface area contributed by atoms with Crippen LogP contribution in [-0.4, -0.2) is 50.9 Å². The fourth-order valence-corrected chi connectivity index (χ4v) is 5.39. The molecule has 10 heteroatoms. The van der Waals surface area contributed by atoms with Crippen LogP contribution in [0, 0.1) is 0 Å². The van der Waals surface area contributed by atoms with Crippen molar-refractivity contribution in [3.8, 4) is 5.75 Å². The Morgan fingerprint density at radius 2 is 1.61 bits per heavy atom. The van der Waals surface area contributed by atoms with Crippen molar-refractivity contribution in [2.75, 3.05) is 30.8 Å². The van der Waals surface area contributed by atoms with E-state index in [0.29, 0.717) is 30.0 Å². The van der Waals surface area contributed by atoms with Gasteiger partial charge in [0.15, 0.2) is 0 Å². The summed E-state index contributed by atoms with van der Waals surface area (Å²) in [5.41, 5.74) is 1.30. The van der Waals surface area contributed by atoms with E-state index in [9.17, 15) is 18.0 Å². The summed E-state index contributed by atoms with van der Waals surface area (Å²) < 4.78 is 33.1. The van der Waals surface area contributed by atoms with Crippen LogP contribution < -0.4 is 20.7 Å². The average Bonchev–Trinajstić information content (AvgIpc) is 3.64. The standard InChI is InChI=1S/C23H28N4O5S/c1-32-20-12-11-19(15-21(20)33(30,31)27-13-3-2-4-14-27)24-22(28)16-5-7-17(8-6-16)25-23(29)26-18-9-10-18/h5-8,11-12,15,18H,2-4,9-10,13-14H2,1H3,(H,24,28)(H2,25,26,29). The van der Waals surface area contributed by atoms with Crippen molar-refractivity contribution in [3.63, 3.8) is 0 Å². The van der Waals surface area contributed by atoms with Gasteiger partial charge in [0, 0.05) is 36.1 Å². The molecule has 1 saturated heterocycles. The molecule has 176 valence electrons. The fourth-order valence-electron chi connectivity index (χ4n) is 3.69. The number of rotatable bonds is 7. The van der Waals surface area contributed by atoms with Gasteiger partial charge in [0.2, 0.25) is 10.0 Å². The highest BCUT2D eigenvalue weighted by Gasteiger charge is 2.29. The van der Waals surface area contributed by atoms with Crippen molar-refractivity contribution < 1.29 is 22.7 Å². The summed E-state index contributed by atoms with van der Waals surface area (Å²) in [7, 11) is -2.32. The van der Waals surface area contributed by atoms with Crippen LogP contribution in [0.4, 0.5) is 16.2 Å². The van der Waals surface area contributed by atoms with Crippen molar-refractivity contribution in [1.82, 2.24) is 9.62 Å². The highest BCUT2D eigenvalue weighted by atomic mass is 32.2. The van der Waals surface area contributed by atoms with Crippen LogP contribution in [0.2, 0.25) is 0 Å². The molecule has 0 spiro atoms. The van der Waals surface area contributed by atoms with Crippen molar-refractivity contribution >= 4 is 33.3 Å². The predicted octanol–water partition coefficient (Wildman–Crippen LogP) is 3.41. The van der Waals surface area contributed by atoms with Crippen molar-refractivity contribution in [2.24, 2.45) is 0 Å². The number of piperidine rings is 1. The van der Waals surface area contributed by atoms with Gasteiger partial charge in [0.05, 0.1) is 7.11 Å². The van der Waals surface area contributed by atoms with Gasteiger partial charge in [0.25, 0.3) is 5.91 Å². The second kappa shape index (κ2) is 9.80. The molecule has 2 aromatic carbocycles. The Bertz CT molecular complexity index is 1120. The molecule has 2 aromatic rings. The van der Waals surface area contributed by atoms with Crippen LogP contribution in [0.1, 0.15) is 42.5 Å². The molecule has 0 atom stereocenters. The predicted molar refractivity (Wildman–Crippen MR) is 125 cm³/mol. The number of benzene rings is 2. The molecule has 4 rings (SSSR count). The Morgan fingerprint density at radius 1 is 0.939 bits per heavy atom. The van der Waals surface area contributed by atoms with Gasteiger partial charge >= 0.3 is 6.03 Å². The molecule has 0 bridgehead atoms. The molecule has 0 unspecified atom stereocenters. The quantitative estimate of drug-likeness (QED) is 0.571. The summed E-state index contributed by atoms with van der Waals surface area (Å²) in [5, 5.41) is 8.30. The number of sulfonamides is 1. The van der Waals surface area contributed by atoms with Gasteiger partial charge in [-0.15, -0.1) is 0 Å². The summed E-state index contributed by atoms with van der Waals surface area (Å²) in [6, 6.07) is 11.0. The third-order valence-electron chi connectivity index (χ3n) is 5.67. The van der Waals surface area contributed by atoms with E-state index in [2.05, 4.69) is 16.0 Å². The van der Waals surface area contributed by atoms with Crippen LogP contribution in [0.3, 0.4) is 0 Å². The maximum Gasteiger partial charge on any atom is 0.319 e. The number of methoxy groups -OCH3 is 1. The number of carbonyl (C=O) groups is 2. The molecular weight excluding hydrogens is 444 g/mol. The van der Waals surface area contributed by atoms with E-state index < -0.39 is 15.9 Å². The highest BCUT2D eigenvalue weighted by molar-refractivity contribution is 7.89. The first-order valence-corrected chi connectivity index (χ1v) is 12.5. The summed E-state index contributed by atoms with van der Waals surface area (Å²) in [6.45, 7) is 0.947. The summed E-state index contributed by atoms with van der Waals surface area (Å²) in [4.78, 5) is 24.6. The van der Waals surface area contributed by atoms with E-state index in [1.165, 1.54) is 23.5 Å². The summed E-state index contributed by atoms with van der Waals surface area (Å²) in [5.74, 6) is -0.158. The molecule has 3 N–H and O–H groups in total. The Morgan fingerprint density at radius 3 is 2.24 bits per heavy atom.